The van der Waals surface area contributed by atoms with Gasteiger partial charge in [-0.15, -0.1) is 0 Å². The van der Waals surface area contributed by atoms with Crippen LogP contribution in [0.15, 0.2) is 46.3 Å². The minimum absolute atomic E-state index is 0.108. The lowest BCUT2D eigenvalue weighted by atomic mass is 10.00. The highest BCUT2D eigenvalue weighted by atomic mass is 35.5. The molecule has 0 atom stereocenters. The van der Waals surface area contributed by atoms with Crippen LogP contribution in [0.1, 0.15) is 23.6 Å². The molecule has 2 aromatic carbocycles. The van der Waals surface area contributed by atoms with Gasteiger partial charge in [0, 0.05) is 18.5 Å². The number of halogens is 4. The smallest absolute Gasteiger partial charge is 0.366 e. The highest BCUT2D eigenvalue weighted by Gasteiger charge is 2.28. The molecule has 0 spiro atoms. The second-order valence-corrected chi connectivity index (χ2v) is 7.46. The van der Waals surface area contributed by atoms with E-state index >= 15 is 0 Å². The Morgan fingerprint density at radius 1 is 1.19 bits per heavy atom. The Morgan fingerprint density at radius 3 is 2.42 bits per heavy atom. The van der Waals surface area contributed by atoms with Crippen LogP contribution in [0.3, 0.4) is 0 Å². The maximum Gasteiger partial charge on any atom is 0.446 e. The van der Waals surface area contributed by atoms with Crippen molar-refractivity contribution in [1.29, 1.82) is 0 Å². The molecule has 0 aliphatic heterocycles. The minimum Gasteiger partial charge on any atom is -0.366 e. The third-order valence-electron chi connectivity index (χ3n) is 3.85. The maximum absolute atomic E-state index is 12.4. The fraction of sp³-hybridized carbons (Fsp3) is 0.316. The molecule has 2 nitrogen and oxygen atoms in total. The van der Waals surface area contributed by atoms with Crippen LogP contribution < -0.4 is 0 Å². The van der Waals surface area contributed by atoms with E-state index in [1.165, 1.54) is 12.1 Å². The first-order valence-corrected chi connectivity index (χ1v) is 9.25. The van der Waals surface area contributed by atoms with Crippen LogP contribution in [0.25, 0.3) is 0 Å². The van der Waals surface area contributed by atoms with Gasteiger partial charge in [0.05, 0.1) is 17.0 Å². The van der Waals surface area contributed by atoms with Crippen molar-refractivity contribution in [3.63, 3.8) is 0 Å². The van der Waals surface area contributed by atoms with Gasteiger partial charge in [-0.25, -0.2) is 4.99 Å². The van der Waals surface area contributed by atoms with Crippen molar-refractivity contribution >= 4 is 35.4 Å². The van der Waals surface area contributed by atoms with Gasteiger partial charge < -0.3 is 4.90 Å². The van der Waals surface area contributed by atoms with Crippen LogP contribution in [-0.4, -0.2) is 30.3 Å². The van der Waals surface area contributed by atoms with Gasteiger partial charge in [0.25, 0.3) is 0 Å². The molecule has 0 aliphatic rings. The van der Waals surface area contributed by atoms with E-state index in [0.29, 0.717) is 17.1 Å². The summed E-state index contributed by atoms with van der Waals surface area (Å²) in [4.78, 5) is 6.52. The predicted molar refractivity (Wildman–Crippen MR) is 104 cm³/mol. The maximum atomic E-state index is 12.4. The zero-order chi connectivity index (χ0) is 19.3. The van der Waals surface area contributed by atoms with Gasteiger partial charge in [-0.2, -0.15) is 13.2 Å². The number of aryl methyl sites for hydroxylation is 1. The Bertz CT molecular complexity index is 774. The first-order valence-electron chi connectivity index (χ1n) is 8.06. The first kappa shape index (κ1) is 20.6. The van der Waals surface area contributed by atoms with E-state index < -0.39 is 5.51 Å². The molecule has 140 valence electrons. The van der Waals surface area contributed by atoms with Crippen molar-refractivity contribution in [3.8, 4) is 0 Å². The molecule has 0 unspecified atom stereocenters. The van der Waals surface area contributed by atoms with Gasteiger partial charge in [-0.05, 0) is 73.0 Å². The molecule has 0 bridgehead atoms. The Kier molecular flexibility index (Phi) is 7.01. The third-order valence-corrected chi connectivity index (χ3v) is 4.89. The summed E-state index contributed by atoms with van der Waals surface area (Å²) >= 11 is 6.22. The quantitative estimate of drug-likeness (QED) is 0.314. The minimum atomic E-state index is -4.27. The molecule has 0 aromatic heterocycles. The Labute approximate surface area is 161 Å². The molecular weight excluding hydrogens is 381 g/mol. The highest BCUT2D eigenvalue weighted by molar-refractivity contribution is 8.00. The molecule has 2 aromatic rings. The molecule has 26 heavy (non-hydrogen) atoms. The van der Waals surface area contributed by atoms with Crippen LogP contribution in [0.2, 0.25) is 5.02 Å². The van der Waals surface area contributed by atoms with Gasteiger partial charge in [-0.1, -0.05) is 23.7 Å². The average molecular weight is 401 g/mol. The van der Waals surface area contributed by atoms with Crippen LogP contribution in [-0.2, 0) is 6.42 Å². The van der Waals surface area contributed by atoms with E-state index in [-0.39, 0.29) is 16.7 Å². The first-order chi connectivity index (χ1) is 12.2. The second kappa shape index (κ2) is 8.82. The Balaban J connectivity index is 2.14. The van der Waals surface area contributed by atoms with E-state index in [1.807, 2.05) is 37.9 Å². The van der Waals surface area contributed by atoms with Crippen molar-refractivity contribution in [2.45, 2.75) is 30.7 Å². The van der Waals surface area contributed by atoms with Crippen molar-refractivity contribution in [1.82, 2.24) is 4.90 Å². The van der Waals surface area contributed by atoms with Crippen molar-refractivity contribution < 1.29 is 13.2 Å². The zero-order valence-corrected chi connectivity index (χ0v) is 16.3. The van der Waals surface area contributed by atoms with Gasteiger partial charge in [0.2, 0.25) is 0 Å². The molecule has 2 rings (SSSR count). The van der Waals surface area contributed by atoms with Crippen LogP contribution >= 0.6 is 23.4 Å². The Hall–Kier alpha value is -1.66. The molecule has 0 heterocycles. The fourth-order valence-electron chi connectivity index (χ4n) is 2.27. The average Bonchev–Trinajstić information content (AvgIpc) is 2.56. The largest absolute Gasteiger partial charge is 0.446 e. The lowest BCUT2D eigenvalue weighted by Gasteiger charge is -2.12. The predicted octanol–water partition coefficient (Wildman–Crippen LogP) is 6.46. The molecule has 0 amide bonds. The summed E-state index contributed by atoms with van der Waals surface area (Å²) in [5, 5.41) is 0.551. The summed E-state index contributed by atoms with van der Waals surface area (Å²) in [6.07, 6.45) is 2.33. The van der Waals surface area contributed by atoms with Crippen molar-refractivity contribution in [2.24, 2.45) is 4.99 Å². The summed E-state index contributed by atoms with van der Waals surface area (Å²) in [7, 11) is 1.93. The van der Waals surface area contributed by atoms with E-state index in [2.05, 4.69) is 4.99 Å². The van der Waals surface area contributed by atoms with E-state index in [1.54, 1.807) is 18.5 Å². The molecular formula is C19H20ClF3N2S. The molecule has 0 aliphatic carbocycles. The van der Waals surface area contributed by atoms with E-state index in [9.17, 15) is 13.2 Å². The van der Waals surface area contributed by atoms with E-state index in [0.717, 1.165) is 23.2 Å². The lowest BCUT2D eigenvalue weighted by Crippen LogP contribution is -2.14. The van der Waals surface area contributed by atoms with Gasteiger partial charge in [0.15, 0.2) is 0 Å². The summed E-state index contributed by atoms with van der Waals surface area (Å²) in [5.41, 5.74) is -0.584. The molecule has 0 saturated heterocycles. The topological polar surface area (TPSA) is 15.6 Å². The lowest BCUT2D eigenvalue weighted by molar-refractivity contribution is -0.0328. The van der Waals surface area contributed by atoms with Crippen LogP contribution in [0.5, 0.6) is 0 Å². The number of hydrogen-bond donors (Lipinski definition) is 0. The van der Waals surface area contributed by atoms with E-state index in [4.69, 9.17) is 11.6 Å². The summed E-state index contributed by atoms with van der Waals surface area (Å²) in [5.74, 6) is 0. The van der Waals surface area contributed by atoms with Crippen molar-refractivity contribution in [3.05, 3.63) is 58.1 Å². The number of nitrogens with zero attached hydrogens (tertiary/aromatic N) is 2. The van der Waals surface area contributed by atoms with Crippen LogP contribution in [0.4, 0.5) is 18.9 Å². The summed E-state index contributed by atoms with van der Waals surface area (Å²) in [6.45, 7) is 4.85. The monoisotopic (exact) mass is 400 g/mol. The number of hydrogen-bond acceptors (Lipinski definition) is 2. The van der Waals surface area contributed by atoms with Crippen molar-refractivity contribution in [2.75, 3.05) is 13.6 Å². The second-order valence-electron chi connectivity index (χ2n) is 5.92. The molecule has 0 N–H and O–H groups in total. The molecule has 0 radical (unpaired) electrons. The number of alkyl halides is 3. The fourth-order valence-corrected chi connectivity index (χ4v) is 3.04. The zero-order valence-electron chi connectivity index (χ0n) is 14.8. The standard InChI is InChI=1S/C19H20ClF3N2S/c1-4-25(3)12-24-18-9-13(2)15(11-17(18)20)10-14-5-7-16(8-6-14)26-19(21,22)23/h5-9,11-12H,4,10H2,1-3H3/b24-12-. The van der Waals surface area contributed by atoms with Gasteiger partial charge >= 0.3 is 5.51 Å². The summed E-state index contributed by atoms with van der Waals surface area (Å²) in [6, 6.07) is 10.2. The van der Waals surface area contributed by atoms with Gasteiger partial charge in [-0.3, -0.25) is 0 Å². The normalized spacial score (nSPS) is 12.0. The van der Waals surface area contributed by atoms with Gasteiger partial charge in [0.1, 0.15) is 0 Å². The Morgan fingerprint density at radius 2 is 1.85 bits per heavy atom. The molecule has 7 heteroatoms. The number of thioether (sulfide) groups is 1. The number of aliphatic imine (C=N–C) groups is 1. The third kappa shape index (κ3) is 6.25. The number of rotatable bonds is 6. The van der Waals surface area contributed by atoms with Crippen LogP contribution in [0, 0.1) is 6.92 Å². The molecule has 0 saturated carbocycles. The molecule has 0 fully saturated rings. The number of benzene rings is 2. The SMILES string of the molecule is CCN(C)/C=N\c1cc(C)c(Cc2ccc(SC(F)(F)F)cc2)cc1Cl. The highest BCUT2D eigenvalue weighted by Crippen LogP contribution is 2.37. The summed E-state index contributed by atoms with van der Waals surface area (Å²) < 4.78 is 37.2.